The highest BCUT2D eigenvalue weighted by molar-refractivity contribution is 7.98. The lowest BCUT2D eigenvalue weighted by Gasteiger charge is -2.15. The van der Waals surface area contributed by atoms with Gasteiger partial charge in [0.15, 0.2) is 0 Å². The molecule has 0 amide bonds. The largest absolute Gasteiger partial charge is 0.492 e. The molecule has 4 heteroatoms. The van der Waals surface area contributed by atoms with Gasteiger partial charge < -0.3 is 15.8 Å². The minimum absolute atomic E-state index is 0.625. The van der Waals surface area contributed by atoms with Gasteiger partial charge in [0, 0.05) is 6.54 Å². The number of nitrogens with two attached hydrogens (primary N) is 1. The molecule has 0 aliphatic heterocycles. The fraction of sp³-hybridized carbons (Fsp3) is 0.538. The van der Waals surface area contributed by atoms with E-state index in [4.69, 9.17) is 10.5 Å². The molecule has 0 aromatic heterocycles. The second-order valence-corrected chi connectivity index (χ2v) is 5.00. The molecule has 0 fully saturated rings. The topological polar surface area (TPSA) is 47.3 Å². The average Bonchev–Trinajstić information content (AvgIpc) is 2.31. The number of hydrogen-bond acceptors (Lipinski definition) is 4. The molecule has 1 aromatic rings. The van der Waals surface area contributed by atoms with Crippen LogP contribution in [0.5, 0.6) is 5.75 Å². The van der Waals surface area contributed by atoms with Gasteiger partial charge in [-0.05, 0) is 37.0 Å². The number of rotatable bonds is 7. The van der Waals surface area contributed by atoms with Gasteiger partial charge in [0.2, 0.25) is 0 Å². The predicted molar refractivity (Wildman–Crippen MR) is 78.1 cm³/mol. The van der Waals surface area contributed by atoms with Gasteiger partial charge in [-0.25, -0.2) is 0 Å². The molecule has 3 nitrogen and oxygen atoms in total. The van der Waals surface area contributed by atoms with E-state index >= 15 is 0 Å². The van der Waals surface area contributed by atoms with Crippen molar-refractivity contribution in [1.29, 1.82) is 0 Å². The summed E-state index contributed by atoms with van der Waals surface area (Å²) < 4.78 is 5.46. The molecule has 0 spiro atoms. The van der Waals surface area contributed by atoms with Gasteiger partial charge in [-0.2, -0.15) is 11.8 Å². The normalized spacial score (nSPS) is 12.2. The zero-order valence-electron chi connectivity index (χ0n) is 10.8. The Bertz CT molecular complexity index is 344. The molecule has 0 radical (unpaired) electrons. The van der Waals surface area contributed by atoms with Crippen LogP contribution in [0.2, 0.25) is 0 Å². The fourth-order valence-corrected chi connectivity index (χ4v) is 2.29. The third-order valence-corrected chi connectivity index (χ3v) is 3.36. The van der Waals surface area contributed by atoms with Gasteiger partial charge in [0.05, 0.1) is 18.0 Å². The third-order valence-electron chi connectivity index (χ3n) is 2.46. The van der Waals surface area contributed by atoms with E-state index in [1.54, 1.807) is 0 Å². The van der Waals surface area contributed by atoms with Crippen LogP contribution >= 0.6 is 11.8 Å². The molecule has 1 unspecified atom stereocenters. The summed E-state index contributed by atoms with van der Waals surface area (Å²) in [4.78, 5) is 0. The first kappa shape index (κ1) is 14.0. The first-order valence-electron chi connectivity index (χ1n) is 5.93. The van der Waals surface area contributed by atoms with Crippen molar-refractivity contribution in [3.8, 4) is 5.75 Å². The summed E-state index contributed by atoms with van der Waals surface area (Å²) in [6.45, 7) is 5.75. The highest BCUT2D eigenvalue weighted by Gasteiger charge is 2.06. The summed E-state index contributed by atoms with van der Waals surface area (Å²) in [6, 6.07) is 5.85. The summed E-state index contributed by atoms with van der Waals surface area (Å²) in [6.07, 6.45) is 2.13. The lowest BCUT2D eigenvalue weighted by atomic mass is 10.2. The minimum Gasteiger partial charge on any atom is -0.492 e. The zero-order valence-corrected chi connectivity index (χ0v) is 11.6. The Hall–Kier alpha value is -1.03. The smallest absolute Gasteiger partial charge is 0.144 e. The number of para-hydroxylation sites is 1. The molecular weight excluding hydrogens is 232 g/mol. The maximum atomic E-state index is 6.04. The summed E-state index contributed by atoms with van der Waals surface area (Å²) in [5.74, 6) is 2.54. The molecule has 17 heavy (non-hydrogen) atoms. The number of ether oxygens (including phenoxy) is 1. The van der Waals surface area contributed by atoms with Gasteiger partial charge in [-0.1, -0.05) is 13.0 Å². The lowest BCUT2D eigenvalue weighted by Crippen LogP contribution is -2.14. The Morgan fingerprint density at radius 2 is 2.24 bits per heavy atom. The Balaban J connectivity index is 2.61. The standard InChI is InChI=1S/C13H22N2OS/c1-4-16-12-7-5-6-11(13(12)14)15-8-10(2)9-17-3/h5-7,10,15H,4,8-9,14H2,1-3H3. The van der Waals surface area contributed by atoms with Crippen LogP contribution in [0.25, 0.3) is 0 Å². The summed E-state index contributed by atoms with van der Waals surface area (Å²) in [5, 5.41) is 3.38. The predicted octanol–water partition coefficient (Wildman–Crippen LogP) is 3.08. The molecular formula is C13H22N2OS. The number of nitrogen functional groups attached to an aromatic ring is 1. The van der Waals surface area contributed by atoms with Crippen LogP contribution in [0.1, 0.15) is 13.8 Å². The summed E-state index contributed by atoms with van der Waals surface area (Å²) >= 11 is 1.86. The first-order chi connectivity index (χ1) is 8.19. The van der Waals surface area contributed by atoms with E-state index in [0.29, 0.717) is 18.2 Å². The molecule has 1 rings (SSSR count). The molecule has 96 valence electrons. The number of anilines is 2. The summed E-state index contributed by atoms with van der Waals surface area (Å²) in [7, 11) is 0. The number of thioether (sulfide) groups is 1. The van der Waals surface area contributed by atoms with Gasteiger partial charge in [0.1, 0.15) is 5.75 Å². The highest BCUT2D eigenvalue weighted by atomic mass is 32.2. The lowest BCUT2D eigenvalue weighted by molar-refractivity contribution is 0.342. The van der Waals surface area contributed by atoms with E-state index in [1.807, 2.05) is 36.9 Å². The van der Waals surface area contributed by atoms with Gasteiger partial charge in [-0.15, -0.1) is 0 Å². The molecule has 0 saturated carbocycles. The van der Waals surface area contributed by atoms with Crippen molar-refractivity contribution in [1.82, 2.24) is 0 Å². The van der Waals surface area contributed by atoms with E-state index in [1.165, 1.54) is 0 Å². The van der Waals surface area contributed by atoms with E-state index < -0.39 is 0 Å². The highest BCUT2D eigenvalue weighted by Crippen LogP contribution is 2.29. The van der Waals surface area contributed by atoms with E-state index in [2.05, 4.69) is 18.5 Å². The van der Waals surface area contributed by atoms with Crippen LogP contribution in [0.3, 0.4) is 0 Å². The van der Waals surface area contributed by atoms with Crippen molar-refractivity contribution < 1.29 is 4.74 Å². The molecule has 0 heterocycles. The average molecular weight is 254 g/mol. The second-order valence-electron chi connectivity index (χ2n) is 4.09. The molecule has 0 aliphatic carbocycles. The SMILES string of the molecule is CCOc1cccc(NCC(C)CSC)c1N. The van der Waals surface area contributed by atoms with Crippen molar-refractivity contribution in [2.24, 2.45) is 5.92 Å². The van der Waals surface area contributed by atoms with Crippen LogP contribution < -0.4 is 15.8 Å². The zero-order chi connectivity index (χ0) is 12.7. The van der Waals surface area contributed by atoms with Crippen LogP contribution in [0.15, 0.2) is 18.2 Å². The molecule has 1 aromatic carbocycles. The van der Waals surface area contributed by atoms with Crippen molar-refractivity contribution in [3.05, 3.63) is 18.2 Å². The maximum absolute atomic E-state index is 6.04. The van der Waals surface area contributed by atoms with Crippen LogP contribution in [0.4, 0.5) is 11.4 Å². The van der Waals surface area contributed by atoms with Crippen molar-refractivity contribution in [2.75, 3.05) is 36.2 Å². The van der Waals surface area contributed by atoms with Gasteiger partial charge in [0.25, 0.3) is 0 Å². The minimum atomic E-state index is 0.625. The van der Waals surface area contributed by atoms with Crippen molar-refractivity contribution in [2.45, 2.75) is 13.8 Å². The molecule has 0 saturated heterocycles. The van der Waals surface area contributed by atoms with Gasteiger partial charge in [-0.3, -0.25) is 0 Å². The van der Waals surface area contributed by atoms with Gasteiger partial charge >= 0.3 is 0 Å². The fourth-order valence-electron chi connectivity index (χ4n) is 1.61. The Morgan fingerprint density at radius 1 is 1.47 bits per heavy atom. The molecule has 0 bridgehead atoms. The Morgan fingerprint density at radius 3 is 2.88 bits per heavy atom. The first-order valence-corrected chi connectivity index (χ1v) is 7.32. The molecule has 1 atom stereocenters. The maximum Gasteiger partial charge on any atom is 0.144 e. The van der Waals surface area contributed by atoms with Crippen molar-refractivity contribution >= 4 is 23.1 Å². The summed E-state index contributed by atoms with van der Waals surface area (Å²) in [5.41, 5.74) is 7.70. The van der Waals surface area contributed by atoms with Crippen molar-refractivity contribution in [3.63, 3.8) is 0 Å². The third kappa shape index (κ3) is 4.38. The van der Waals surface area contributed by atoms with Crippen LogP contribution in [-0.2, 0) is 0 Å². The van der Waals surface area contributed by atoms with E-state index in [0.717, 1.165) is 23.7 Å². The monoisotopic (exact) mass is 254 g/mol. The van der Waals surface area contributed by atoms with E-state index in [9.17, 15) is 0 Å². The van der Waals surface area contributed by atoms with Crippen LogP contribution in [-0.4, -0.2) is 25.2 Å². The van der Waals surface area contributed by atoms with E-state index in [-0.39, 0.29) is 0 Å². The molecule has 3 N–H and O–H groups in total. The van der Waals surface area contributed by atoms with Crippen LogP contribution in [0, 0.1) is 5.92 Å². The second kappa shape index (κ2) is 7.33. The molecule has 0 aliphatic rings. The number of nitrogens with one attached hydrogen (secondary N) is 1. The number of hydrogen-bond donors (Lipinski definition) is 2. The number of benzene rings is 1. The quantitative estimate of drug-likeness (QED) is 0.734. The Labute approximate surface area is 108 Å². The Kier molecular flexibility index (Phi) is 6.05.